The lowest BCUT2D eigenvalue weighted by Gasteiger charge is -1.91. The smallest absolute Gasteiger partial charge is 0.267 e. The molecule has 0 bridgehead atoms. The van der Waals surface area contributed by atoms with Crippen molar-refractivity contribution in [2.75, 3.05) is 0 Å². The van der Waals surface area contributed by atoms with E-state index in [4.69, 9.17) is 0 Å². The summed E-state index contributed by atoms with van der Waals surface area (Å²) < 4.78 is 3.25. The maximum atomic E-state index is 10.9. The third-order valence-electron chi connectivity index (χ3n) is 1.42. The van der Waals surface area contributed by atoms with E-state index in [1.807, 2.05) is 18.3 Å². The summed E-state index contributed by atoms with van der Waals surface area (Å²) in [6.45, 7) is 0. The van der Waals surface area contributed by atoms with Gasteiger partial charge in [-0.3, -0.25) is 9.31 Å². The van der Waals surface area contributed by atoms with Gasteiger partial charge in [-0.15, -0.1) is 0 Å². The van der Waals surface area contributed by atoms with E-state index in [0.717, 1.165) is 0 Å². The molecule has 0 atom stereocenters. The van der Waals surface area contributed by atoms with Crippen LogP contribution < -0.4 is 5.56 Å². The lowest BCUT2D eigenvalue weighted by atomic mass is 10.6. The number of hydrogen-bond acceptors (Lipinski definition) is 1. The third-order valence-corrected chi connectivity index (χ3v) is 1.42. The normalized spacial score (nSPS) is 10.4. The first kappa shape index (κ1) is 5.29. The molecule has 3 heteroatoms. The first-order valence-corrected chi connectivity index (χ1v) is 3.02. The van der Waals surface area contributed by atoms with Crippen LogP contribution in [0, 0.1) is 0 Å². The van der Waals surface area contributed by atoms with Crippen LogP contribution in [0.2, 0.25) is 0 Å². The minimum Gasteiger partial charge on any atom is -0.267 e. The van der Waals surface area contributed by atoms with E-state index in [1.165, 1.54) is 10.6 Å². The number of nitrogens with zero attached hydrogens (tertiary/aromatic N) is 2. The van der Waals surface area contributed by atoms with Gasteiger partial charge in [0.05, 0.1) is 0 Å². The van der Waals surface area contributed by atoms with Crippen molar-refractivity contribution in [2.45, 2.75) is 0 Å². The van der Waals surface area contributed by atoms with Crippen LogP contribution in [0.5, 0.6) is 0 Å². The maximum absolute atomic E-state index is 10.9. The lowest BCUT2D eigenvalue weighted by Crippen LogP contribution is -2.08. The predicted octanol–water partition coefficient (Wildman–Crippen LogP) is 0.399. The summed E-state index contributed by atoms with van der Waals surface area (Å²) in [6.07, 6.45) is 5.27. The van der Waals surface area contributed by atoms with Crippen LogP contribution in [-0.4, -0.2) is 9.03 Å². The molecular weight excluding hydrogens is 128 g/mol. The number of rotatable bonds is 0. The summed E-state index contributed by atoms with van der Waals surface area (Å²) in [5.74, 6) is 0. The highest BCUT2D eigenvalue weighted by Gasteiger charge is 1.89. The molecule has 0 saturated carbocycles. The Morgan fingerprint density at radius 3 is 2.70 bits per heavy atom. The molecule has 50 valence electrons. The molecule has 0 radical (unpaired) electrons. The van der Waals surface area contributed by atoms with Crippen molar-refractivity contribution in [3.8, 4) is 0 Å². The Labute approximate surface area is 57.1 Å². The molecule has 0 fully saturated rings. The van der Waals surface area contributed by atoms with Gasteiger partial charge in [-0.1, -0.05) is 0 Å². The second kappa shape index (κ2) is 1.73. The van der Waals surface area contributed by atoms with Crippen LogP contribution in [0.25, 0.3) is 0 Å². The molecule has 0 aliphatic carbocycles. The molecule has 10 heavy (non-hydrogen) atoms. The highest BCUT2D eigenvalue weighted by Crippen LogP contribution is 1.83. The molecule has 0 spiro atoms. The topological polar surface area (TPSA) is 25.9 Å². The Bertz CT molecular complexity index is 399. The monoisotopic (exact) mass is 134 g/mol. The number of hydrogen-bond donors (Lipinski definition) is 0. The lowest BCUT2D eigenvalue weighted by molar-refractivity contribution is 0.792. The van der Waals surface area contributed by atoms with Gasteiger partial charge in [0.25, 0.3) is 5.56 Å². The maximum Gasteiger partial charge on any atom is 0.271 e. The summed E-state index contributed by atoms with van der Waals surface area (Å²) in [7, 11) is 0. The Kier molecular flexibility index (Phi) is 0.917. The van der Waals surface area contributed by atoms with Crippen molar-refractivity contribution in [2.24, 2.45) is 0 Å². The quantitative estimate of drug-likeness (QED) is 0.512. The molecule has 0 aliphatic heterocycles. The summed E-state index contributed by atoms with van der Waals surface area (Å²) >= 11 is 0. The van der Waals surface area contributed by atoms with Gasteiger partial charge in [0.15, 0.2) is 0 Å². The minimum absolute atomic E-state index is 0.000556. The Morgan fingerprint density at radius 1 is 1.10 bits per heavy atom. The molecule has 0 amide bonds. The van der Waals surface area contributed by atoms with E-state index in [9.17, 15) is 4.79 Å². The van der Waals surface area contributed by atoms with Crippen molar-refractivity contribution < 1.29 is 0 Å². The fourth-order valence-electron chi connectivity index (χ4n) is 0.943. The van der Waals surface area contributed by atoms with Gasteiger partial charge in [-0.05, 0) is 12.1 Å². The fourth-order valence-corrected chi connectivity index (χ4v) is 0.943. The average Bonchev–Trinajstić information content (AvgIpc) is 2.34. The molecule has 2 aromatic rings. The summed E-state index contributed by atoms with van der Waals surface area (Å²) in [4.78, 5) is 10.9. The zero-order chi connectivity index (χ0) is 6.97. The van der Waals surface area contributed by atoms with Gasteiger partial charge >= 0.3 is 0 Å². The second-order valence-electron chi connectivity index (χ2n) is 2.06. The molecule has 0 aromatic carbocycles. The second-order valence-corrected chi connectivity index (χ2v) is 2.06. The number of fused-ring (bicyclic) bond motifs is 1. The van der Waals surface area contributed by atoms with E-state index in [0.29, 0.717) is 0 Å². The summed E-state index contributed by atoms with van der Waals surface area (Å²) in [5, 5.41) is 0. The highest BCUT2D eigenvalue weighted by molar-refractivity contribution is 4.93. The molecule has 0 N–H and O–H groups in total. The summed E-state index contributed by atoms with van der Waals surface area (Å²) in [5.41, 5.74) is 0.000556. The van der Waals surface area contributed by atoms with Gasteiger partial charge in [0.2, 0.25) is 0 Å². The van der Waals surface area contributed by atoms with Crippen LogP contribution in [0.1, 0.15) is 0 Å². The molecular formula is C7H6N2O. The SMILES string of the molecule is O=c1ccn2ccccn12. The average molecular weight is 134 g/mol. The van der Waals surface area contributed by atoms with Gasteiger partial charge in [-0.25, -0.2) is 4.52 Å². The Balaban J connectivity index is 3.07. The van der Waals surface area contributed by atoms with Crippen LogP contribution in [0.3, 0.4) is 0 Å². The van der Waals surface area contributed by atoms with Crippen molar-refractivity contribution >= 4 is 0 Å². The van der Waals surface area contributed by atoms with Crippen LogP contribution in [0.4, 0.5) is 0 Å². The fraction of sp³-hybridized carbons (Fsp3) is 0. The molecule has 0 unspecified atom stereocenters. The molecule has 2 heterocycles. The zero-order valence-electron chi connectivity index (χ0n) is 5.27. The van der Waals surface area contributed by atoms with Crippen LogP contribution >= 0.6 is 0 Å². The number of aromatic nitrogens is 2. The van der Waals surface area contributed by atoms with Crippen molar-refractivity contribution in [1.82, 2.24) is 9.03 Å². The Hall–Kier alpha value is -1.51. The van der Waals surface area contributed by atoms with Crippen molar-refractivity contribution in [3.63, 3.8) is 0 Å². The van der Waals surface area contributed by atoms with Gasteiger partial charge in [0.1, 0.15) is 0 Å². The predicted molar refractivity (Wildman–Crippen MR) is 37.1 cm³/mol. The zero-order valence-corrected chi connectivity index (χ0v) is 5.27. The first-order valence-electron chi connectivity index (χ1n) is 3.02. The Morgan fingerprint density at radius 2 is 1.90 bits per heavy atom. The van der Waals surface area contributed by atoms with E-state index in [2.05, 4.69) is 0 Å². The summed E-state index contributed by atoms with van der Waals surface area (Å²) in [6, 6.07) is 5.22. The van der Waals surface area contributed by atoms with E-state index in [1.54, 1.807) is 16.9 Å². The molecule has 2 aromatic heterocycles. The molecule has 3 nitrogen and oxygen atoms in total. The largest absolute Gasteiger partial charge is 0.271 e. The first-order chi connectivity index (χ1) is 4.88. The van der Waals surface area contributed by atoms with E-state index in [-0.39, 0.29) is 5.56 Å². The van der Waals surface area contributed by atoms with Crippen molar-refractivity contribution in [1.29, 1.82) is 0 Å². The van der Waals surface area contributed by atoms with E-state index >= 15 is 0 Å². The van der Waals surface area contributed by atoms with Gasteiger partial charge in [-0.2, -0.15) is 0 Å². The van der Waals surface area contributed by atoms with Gasteiger partial charge < -0.3 is 0 Å². The van der Waals surface area contributed by atoms with Crippen LogP contribution in [-0.2, 0) is 0 Å². The minimum atomic E-state index is 0.000556. The standard InChI is InChI=1S/C7H6N2O/c10-7-3-6-8-4-1-2-5-9(7)8/h1-6H. The molecule has 0 saturated heterocycles. The molecule has 0 aliphatic rings. The van der Waals surface area contributed by atoms with E-state index < -0.39 is 0 Å². The molecule has 2 rings (SSSR count). The van der Waals surface area contributed by atoms with Crippen molar-refractivity contribution in [3.05, 3.63) is 47.1 Å². The third kappa shape index (κ3) is 0.572. The van der Waals surface area contributed by atoms with Gasteiger partial charge in [0, 0.05) is 24.7 Å². The van der Waals surface area contributed by atoms with Crippen LogP contribution in [0.15, 0.2) is 41.6 Å². The highest BCUT2D eigenvalue weighted by atomic mass is 16.1.